The molecule has 1 amide bonds. The predicted molar refractivity (Wildman–Crippen MR) is 124 cm³/mol. The Morgan fingerprint density at radius 1 is 0.839 bits per heavy atom. The minimum atomic E-state index is -0.0446. The maximum atomic E-state index is 12.9. The molecule has 4 rings (SSSR count). The zero-order valence-corrected chi connectivity index (χ0v) is 17.9. The molecule has 1 heterocycles. The fraction of sp³-hybridized carbons (Fsp3) is 0.296. The third-order valence-corrected chi connectivity index (χ3v) is 5.79. The molecule has 160 valence electrons. The van der Waals surface area contributed by atoms with Gasteiger partial charge in [0.15, 0.2) is 0 Å². The number of nitrogens with one attached hydrogen (secondary N) is 1. The van der Waals surface area contributed by atoms with Crippen LogP contribution in [0.3, 0.4) is 0 Å². The van der Waals surface area contributed by atoms with Crippen molar-refractivity contribution in [2.24, 2.45) is 0 Å². The van der Waals surface area contributed by atoms with Gasteiger partial charge in [0.25, 0.3) is 5.91 Å². The highest BCUT2D eigenvalue weighted by Crippen LogP contribution is 2.20. The fourth-order valence-electron chi connectivity index (χ4n) is 4.04. The van der Waals surface area contributed by atoms with Crippen molar-refractivity contribution in [1.82, 2.24) is 10.2 Å². The Kier molecular flexibility index (Phi) is 7.35. The van der Waals surface area contributed by atoms with Crippen molar-refractivity contribution in [3.63, 3.8) is 0 Å². The summed E-state index contributed by atoms with van der Waals surface area (Å²) < 4.78 is 5.97. The van der Waals surface area contributed by atoms with Gasteiger partial charge in [-0.1, -0.05) is 72.8 Å². The Labute approximate surface area is 184 Å². The average molecular weight is 415 g/mol. The van der Waals surface area contributed by atoms with E-state index in [1.807, 2.05) is 42.5 Å². The second kappa shape index (κ2) is 10.8. The lowest BCUT2D eigenvalue weighted by Crippen LogP contribution is -2.44. The third-order valence-electron chi connectivity index (χ3n) is 5.79. The van der Waals surface area contributed by atoms with Crippen LogP contribution in [-0.2, 0) is 13.0 Å². The first-order chi connectivity index (χ1) is 15.3. The molecule has 0 atom stereocenters. The number of para-hydroxylation sites is 1. The molecule has 4 nitrogen and oxygen atoms in total. The molecule has 31 heavy (non-hydrogen) atoms. The molecule has 1 fully saturated rings. The average Bonchev–Trinajstić information content (AvgIpc) is 2.82. The summed E-state index contributed by atoms with van der Waals surface area (Å²) in [4.78, 5) is 15.4. The molecule has 0 aromatic heterocycles. The molecule has 1 N–H and O–H groups in total. The van der Waals surface area contributed by atoms with Crippen LogP contribution in [0, 0.1) is 0 Å². The van der Waals surface area contributed by atoms with Crippen molar-refractivity contribution in [2.45, 2.75) is 31.8 Å². The minimum absolute atomic E-state index is 0.0446. The van der Waals surface area contributed by atoms with Gasteiger partial charge in [0, 0.05) is 32.1 Å². The normalized spacial score (nSPS) is 14.8. The van der Waals surface area contributed by atoms with E-state index in [-0.39, 0.29) is 11.9 Å². The molecule has 1 saturated heterocycles. The second-order valence-corrected chi connectivity index (χ2v) is 8.09. The largest absolute Gasteiger partial charge is 0.492 e. The van der Waals surface area contributed by atoms with Crippen molar-refractivity contribution in [3.8, 4) is 5.75 Å². The number of amides is 1. The smallest absolute Gasteiger partial charge is 0.255 e. The summed E-state index contributed by atoms with van der Waals surface area (Å²) in [6.07, 6.45) is 2.75. The summed E-state index contributed by atoms with van der Waals surface area (Å²) in [6, 6.07) is 28.5. The van der Waals surface area contributed by atoms with Crippen LogP contribution >= 0.6 is 0 Å². The molecule has 1 aliphatic rings. The van der Waals surface area contributed by atoms with E-state index < -0.39 is 0 Å². The maximum Gasteiger partial charge on any atom is 0.255 e. The van der Waals surface area contributed by atoms with E-state index in [0.717, 1.165) is 38.9 Å². The van der Waals surface area contributed by atoms with Crippen molar-refractivity contribution in [1.29, 1.82) is 0 Å². The number of carbonyl (C=O) groups is 1. The standard InChI is InChI=1S/C27H30N2O2/c30-27(28-24-15-18-29(19-16-24)21-23-11-5-2-6-12-23)25-13-7-8-14-26(25)31-20-17-22-9-3-1-4-10-22/h1-14,24H,15-21H2,(H,28,30). The van der Waals surface area contributed by atoms with Gasteiger partial charge in [0.05, 0.1) is 12.2 Å². The Morgan fingerprint density at radius 3 is 2.16 bits per heavy atom. The molecule has 3 aromatic carbocycles. The van der Waals surface area contributed by atoms with Crippen molar-refractivity contribution in [3.05, 3.63) is 102 Å². The van der Waals surface area contributed by atoms with E-state index in [0.29, 0.717) is 17.9 Å². The molecule has 0 aliphatic carbocycles. The highest BCUT2D eigenvalue weighted by molar-refractivity contribution is 5.97. The first kappa shape index (κ1) is 21.1. The van der Waals surface area contributed by atoms with Crippen molar-refractivity contribution < 1.29 is 9.53 Å². The first-order valence-electron chi connectivity index (χ1n) is 11.1. The summed E-state index contributed by atoms with van der Waals surface area (Å²) >= 11 is 0. The summed E-state index contributed by atoms with van der Waals surface area (Å²) in [5.74, 6) is 0.606. The monoisotopic (exact) mass is 414 g/mol. The van der Waals surface area contributed by atoms with E-state index in [2.05, 4.69) is 52.7 Å². The molecule has 1 aliphatic heterocycles. The lowest BCUT2D eigenvalue weighted by molar-refractivity contribution is 0.0905. The van der Waals surface area contributed by atoms with E-state index in [1.165, 1.54) is 11.1 Å². The van der Waals surface area contributed by atoms with Gasteiger partial charge in [0.1, 0.15) is 5.75 Å². The van der Waals surface area contributed by atoms with Gasteiger partial charge in [-0.3, -0.25) is 9.69 Å². The predicted octanol–water partition coefficient (Wildman–Crippen LogP) is 4.70. The van der Waals surface area contributed by atoms with Gasteiger partial charge in [0.2, 0.25) is 0 Å². The lowest BCUT2D eigenvalue weighted by Gasteiger charge is -2.32. The number of rotatable bonds is 8. The number of hydrogen-bond acceptors (Lipinski definition) is 3. The molecule has 3 aromatic rings. The van der Waals surface area contributed by atoms with Crippen LogP contribution in [0.25, 0.3) is 0 Å². The molecule has 0 bridgehead atoms. The molecule has 4 heteroatoms. The third kappa shape index (κ3) is 6.19. The number of likely N-dealkylation sites (tertiary alicyclic amines) is 1. The van der Waals surface area contributed by atoms with Crippen LogP contribution in [0.2, 0.25) is 0 Å². The summed E-state index contributed by atoms with van der Waals surface area (Å²) in [5, 5.41) is 3.22. The number of carbonyl (C=O) groups excluding carboxylic acids is 1. The summed E-state index contributed by atoms with van der Waals surface area (Å²) in [6.45, 7) is 3.51. The van der Waals surface area contributed by atoms with Gasteiger partial charge in [-0.15, -0.1) is 0 Å². The fourth-order valence-corrected chi connectivity index (χ4v) is 4.04. The number of nitrogens with zero attached hydrogens (tertiary/aromatic N) is 1. The zero-order valence-electron chi connectivity index (χ0n) is 17.9. The van der Waals surface area contributed by atoms with Crippen LogP contribution < -0.4 is 10.1 Å². The topological polar surface area (TPSA) is 41.6 Å². The van der Waals surface area contributed by atoms with Crippen LogP contribution in [0.4, 0.5) is 0 Å². The van der Waals surface area contributed by atoms with Gasteiger partial charge in [-0.05, 0) is 36.1 Å². The highest BCUT2D eigenvalue weighted by Gasteiger charge is 2.22. The number of ether oxygens (including phenoxy) is 1. The van der Waals surface area contributed by atoms with Gasteiger partial charge in [-0.25, -0.2) is 0 Å². The highest BCUT2D eigenvalue weighted by atomic mass is 16.5. The van der Waals surface area contributed by atoms with Crippen molar-refractivity contribution in [2.75, 3.05) is 19.7 Å². The lowest BCUT2D eigenvalue weighted by atomic mass is 10.0. The Hall–Kier alpha value is -3.11. The molecule has 0 radical (unpaired) electrons. The Balaban J connectivity index is 1.27. The second-order valence-electron chi connectivity index (χ2n) is 8.09. The first-order valence-corrected chi connectivity index (χ1v) is 11.1. The van der Waals surface area contributed by atoms with E-state index in [9.17, 15) is 4.79 Å². The Bertz CT molecular complexity index is 951. The summed E-state index contributed by atoms with van der Waals surface area (Å²) in [7, 11) is 0. The Morgan fingerprint density at radius 2 is 1.45 bits per heavy atom. The molecule has 0 saturated carbocycles. The summed E-state index contributed by atoms with van der Waals surface area (Å²) in [5.41, 5.74) is 3.18. The number of benzene rings is 3. The van der Waals surface area contributed by atoms with Crippen LogP contribution in [0.5, 0.6) is 5.75 Å². The quantitative estimate of drug-likeness (QED) is 0.581. The van der Waals surface area contributed by atoms with E-state index in [4.69, 9.17) is 4.74 Å². The molecule has 0 unspecified atom stereocenters. The van der Waals surface area contributed by atoms with Gasteiger partial charge < -0.3 is 10.1 Å². The maximum absolute atomic E-state index is 12.9. The number of hydrogen-bond donors (Lipinski definition) is 1. The minimum Gasteiger partial charge on any atom is -0.492 e. The van der Waals surface area contributed by atoms with Gasteiger partial charge in [-0.2, -0.15) is 0 Å². The van der Waals surface area contributed by atoms with Gasteiger partial charge >= 0.3 is 0 Å². The van der Waals surface area contributed by atoms with Crippen LogP contribution in [0.1, 0.15) is 34.3 Å². The van der Waals surface area contributed by atoms with E-state index in [1.54, 1.807) is 0 Å². The molecular weight excluding hydrogens is 384 g/mol. The van der Waals surface area contributed by atoms with Crippen molar-refractivity contribution >= 4 is 5.91 Å². The molecular formula is C27H30N2O2. The van der Waals surface area contributed by atoms with Crippen LogP contribution in [-0.4, -0.2) is 36.5 Å². The molecule has 0 spiro atoms. The SMILES string of the molecule is O=C(NC1CCN(Cc2ccccc2)CC1)c1ccccc1OCCc1ccccc1. The van der Waals surface area contributed by atoms with Crippen LogP contribution in [0.15, 0.2) is 84.9 Å². The number of piperidine rings is 1. The van der Waals surface area contributed by atoms with E-state index >= 15 is 0 Å². The zero-order chi connectivity index (χ0) is 21.3.